The summed E-state index contributed by atoms with van der Waals surface area (Å²) in [6.45, 7) is 0. The van der Waals surface area contributed by atoms with Crippen LogP contribution in [0.15, 0.2) is 65.9 Å². The van der Waals surface area contributed by atoms with Crippen molar-refractivity contribution in [3.05, 3.63) is 81.5 Å². The van der Waals surface area contributed by atoms with E-state index in [0.29, 0.717) is 28.6 Å². The van der Waals surface area contributed by atoms with Crippen LogP contribution in [-0.2, 0) is 9.59 Å². The first-order valence-electron chi connectivity index (χ1n) is 9.32. The summed E-state index contributed by atoms with van der Waals surface area (Å²) in [5, 5.41) is 0.725. The fourth-order valence-electron chi connectivity index (χ4n) is 3.93. The topological polar surface area (TPSA) is 37.4 Å². The molecular weight excluding hydrogens is 393 g/mol. The Hall–Kier alpha value is -2.36. The number of allylic oxidation sites excluding steroid dienone is 3. The highest BCUT2D eigenvalue weighted by Crippen LogP contribution is 2.43. The van der Waals surface area contributed by atoms with Gasteiger partial charge in [-0.25, -0.2) is 0 Å². The Balaban J connectivity index is 1.78. The molecule has 1 unspecified atom stereocenters. The summed E-state index contributed by atoms with van der Waals surface area (Å²) in [4.78, 5) is 27.5. The Labute approximate surface area is 174 Å². The maximum atomic E-state index is 13.1. The lowest BCUT2D eigenvalue weighted by molar-refractivity contribution is -0.120. The molecule has 0 saturated heterocycles. The molecule has 4 rings (SSSR count). The molecule has 0 saturated carbocycles. The van der Waals surface area contributed by atoms with Crippen molar-refractivity contribution in [3.63, 3.8) is 0 Å². The third-order valence-electron chi connectivity index (χ3n) is 5.21. The molecule has 1 heterocycles. The molecule has 3 nitrogen and oxygen atoms in total. The number of Topliss-reactive ketones (excluding diaryl/α,β-unsaturated/α-hetero) is 1. The molecule has 0 N–H and O–H groups in total. The van der Waals surface area contributed by atoms with Gasteiger partial charge in [-0.05, 0) is 30.5 Å². The molecule has 1 aliphatic heterocycles. The lowest BCUT2D eigenvalue weighted by atomic mass is 9.80. The number of hydrogen-bond acceptors (Lipinski definition) is 2. The average molecular weight is 412 g/mol. The molecule has 1 aliphatic carbocycles. The van der Waals surface area contributed by atoms with Gasteiger partial charge in [0, 0.05) is 30.0 Å². The number of amides is 1. The summed E-state index contributed by atoms with van der Waals surface area (Å²) in [7, 11) is 0. The second kappa shape index (κ2) is 7.94. The molecule has 28 heavy (non-hydrogen) atoms. The quantitative estimate of drug-likeness (QED) is 0.614. The Bertz CT molecular complexity index is 995. The summed E-state index contributed by atoms with van der Waals surface area (Å²) < 4.78 is 0. The van der Waals surface area contributed by atoms with E-state index >= 15 is 0 Å². The van der Waals surface area contributed by atoms with Gasteiger partial charge in [0.15, 0.2) is 5.78 Å². The van der Waals surface area contributed by atoms with Gasteiger partial charge in [0.1, 0.15) is 0 Å². The molecule has 5 heteroatoms. The van der Waals surface area contributed by atoms with Crippen molar-refractivity contribution in [1.29, 1.82) is 0 Å². The highest BCUT2D eigenvalue weighted by molar-refractivity contribution is 6.44. The molecule has 0 radical (unpaired) electrons. The van der Waals surface area contributed by atoms with Gasteiger partial charge >= 0.3 is 0 Å². The normalized spacial score (nSPS) is 20.1. The lowest BCUT2D eigenvalue weighted by Gasteiger charge is -2.37. The molecule has 2 aliphatic rings. The number of carbonyl (C=O) groups is 2. The van der Waals surface area contributed by atoms with Crippen LogP contribution in [0.4, 0.5) is 5.69 Å². The van der Waals surface area contributed by atoms with Crippen molar-refractivity contribution in [2.24, 2.45) is 5.92 Å². The largest absolute Gasteiger partial charge is 0.294 e. The van der Waals surface area contributed by atoms with Crippen LogP contribution in [0.5, 0.6) is 0 Å². The van der Waals surface area contributed by atoms with Crippen molar-refractivity contribution in [3.8, 4) is 0 Å². The van der Waals surface area contributed by atoms with Crippen molar-refractivity contribution in [1.82, 2.24) is 0 Å². The van der Waals surface area contributed by atoms with Gasteiger partial charge in [-0.2, -0.15) is 0 Å². The van der Waals surface area contributed by atoms with Crippen LogP contribution in [0.25, 0.3) is 6.08 Å². The SMILES string of the molecule is O=C1CCCC2=C1C(/C=C/c1ccccc1)CC(=O)N2c1cccc(Cl)c1Cl. The molecule has 142 valence electrons. The number of halogens is 2. The van der Waals surface area contributed by atoms with Crippen LogP contribution < -0.4 is 4.90 Å². The Morgan fingerprint density at radius 2 is 1.75 bits per heavy atom. The Morgan fingerprint density at radius 1 is 0.964 bits per heavy atom. The highest BCUT2D eigenvalue weighted by Gasteiger charge is 2.38. The van der Waals surface area contributed by atoms with Crippen LogP contribution in [0.3, 0.4) is 0 Å². The number of nitrogens with zero attached hydrogens (tertiary/aromatic N) is 1. The van der Waals surface area contributed by atoms with E-state index in [1.165, 1.54) is 0 Å². The summed E-state index contributed by atoms with van der Waals surface area (Å²) in [6, 6.07) is 15.1. The van der Waals surface area contributed by atoms with Gasteiger partial charge in [-0.3, -0.25) is 14.5 Å². The zero-order valence-corrected chi connectivity index (χ0v) is 16.7. The van der Waals surface area contributed by atoms with Gasteiger partial charge in [-0.15, -0.1) is 0 Å². The molecule has 0 aromatic heterocycles. The van der Waals surface area contributed by atoms with E-state index in [9.17, 15) is 9.59 Å². The molecular formula is C23H19Cl2NO2. The summed E-state index contributed by atoms with van der Waals surface area (Å²) in [6.07, 6.45) is 6.10. The van der Waals surface area contributed by atoms with Crippen molar-refractivity contribution in [2.75, 3.05) is 4.90 Å². The van der Waals surface area contributed by atoms with Crippen LogP contribution in [0.2, 0.25) is 10.0 Å². The summed E-state index contributed by atoms with van der Waals surface area (Å²) >= 11 is 12.6. The Kier molecular flexibility index (Phi) is 5.38. The van der Waals surface area contributed by atoms with Gasteiger partial charge in [0.25, 0.3) is 0 Å². The van der Waals surface area contributed by atoms with Crippen LogP contribution in [0.1, 0.15) is 31.2 Å². The average Bonchev–Trinajstić information content (AvgIpc) is 2.70. The van der Waals surface area contributed by atoms with E-state index in [1.54, 1.807) is 23.1 Å². The van der Waals surface area contributed by atoms with Gasteiger partial charge in [0.2, 0.25) is 5.91 Å². The van der Waals surface area contributed by atoms with E-state index in [0.717, 1.165) is 23.3 Å². The molecule has 1 amide bonds. The van der Waals surface area contributed by atoms with Crippen LogP contribution in [0, 0.1) is 5.92 Å². The first kappa shape index (κ1) is 19.0. The molecule has 2 aromatic rings. The third kappa shape index (κ3) is 3.52. The third-order valence-corrected chi connectivity index (χ3v) is 6.01. The van der Waals surface area contributed by atoms with Gasteiger partial charge in [-0.1, -0.05) is 71.8 Å². The molecule has 0 fully saturated rings. The number of rotatable bonds is 3. The van der Waals surface area contributed by atoms with Crippen molar-refractivity contribution < 1.29 is 9.59 Å². The molecule has 0 spiro atoms. The maximum Gasteiger partial charge on any atom is 0.232 e. The van der Waals surface area contributed by atoms with Crippen molar-refractivity contribution in [2.45, 2.75) is 25.7 Å². The van der Waals surface area contributed by atoms with E-state index in [1.807, 2.05) is 42.5 Å². The van der Waals surface area contributed by atoms with E-state index in [4.69, 9.17) is 23.2 Å². The van der Waals surface area contributed by atoms with E-state index in [2.05, 4.69) is 0 Å². The fourth-order valence-corrected chi connectivity index (χ4v) is 4.31. The minimum atomic E-state index is -0.218. The predicted molar refractivity (Wildman–Crippen MR) is 113 cm³/mol. The fraction of sp³-hybridized carbons (Fsp3) is 0.217. The second-order valence-corrected chi connectivity index (χ2v) is 7.80. The van der Waals surface area contributed by atoms with Crippen LogP contribution >= 0.6 is 23.2 Å². The van der Waals surface area contributed by atoms with E-state index < -0.39 is 0 Å². The zero-order valence-electron chi connectivity index (χ0n) is 15.2. The minimum absolute atomic E-state index is 0.0691. The predicted octanol–water partition coefficient (Wildman–Crippen LogP) is 6.07. The zero-order chi connectivity index (χ0) is 19.7. The smallest absolute Gasteiger partial charge is 0.232 e. The lowest BCUT2D eigenvalue weighted by Crippen LogP contribution is -2.41. The van der Waals surface area contributed by atoms with Gasteiger partial charge in [0.05, 0.1) is 15.7 Å². The first-order chi connectivity index (χ1) is 13.6. The minimum Gasteiger partial charge on any atom is -0.294 e. The summed E-state index contributed by atoms with van der Waals surface area (Å²) in [5.41, 5.74) is 3.08. The highest BCUT2D eigenvalue weighted by atomic mass is 35.5. The number of hydrogen-bond donors (Lipinski definition) is 0. The monoisotopic (exact) mass is 411 g/mol. The van der Waals surface area contributed by atoms with Crippen LogP contribution in [-0.4, -0.2) is 11.7 Å². The Morgan fingerprint density at radius 3 is 2.54 bits per heavy atom. The van der Waals surface area contributed by atoms with Gasteiger partial charge < -0.3 is 0 Å². The maximum absolute atomic E-state index is 13.1. The molecule has 2 aromatic carbocycles. The number of ketones is 1. The first-order valence-corrected chi connectivity index (χ1v) is 10.1. The number of benzene rings is 2. The standard InChI is InChI=1S/C23H19Cl2NO2/c24-17-8-4-10-19(23(17)25)26-18-9-5-11-20(27)22(18)16(14-21(26)28)13-12-15-6-2-1-3-7-15/h1-4,6-8,10,12-13,16H,5,9,11,14H2/b13-12+. The second-order valence-electron chi connectivity index (χ2n) is 7.02. The van der Waals surface area contributed by atoms with Crippen molar-refractivity contribution >= 4 is 46.7 Å². The molecule has 0 bridgehead atoms. The van der Waals surface area contributed by atoms with E-state index in [-0.39, 0.29) is 24.0 Å². The number of anilines is 1. The molecule has 1 atom stereocenters. The number of carbonyl (C=O) groups excluding carboxylic acids is 2. The summed E-state index contributed by atoms with van der Waals surface area (Å²) in [5.74, 6) is -0.176.